The van der Waals surface area contributed by atoms with E-state index in [0.29, 0.717) is 26.1 Å². The Labute approximate surface area is 114 Å². The molecule has 1 heterocycles. The van der Waals surface area contributed by atoms with Gasteiger partial charge in [-0.15, -0.1) is 0 Å². The number of amides is 2. The molecule has 0 aromatic heterocycles. The van der Waals surface area contributed by atoms with Gasteiger partial charge >= 0.3 is 12.0 Å². The van der Waals surface area contributed by atoms with Gasteiger partial charge in [0.25, 0.3) is 0 Å². The molecule has 2 amide bonds. The van der Waals surface area contributed by atoms with Crippen molar-refractivity contribution < 1.29 is 19.4 Å². The van der Waals surface area contributed by atoms with Gasteiger partial charge in [0, 0.05) is 26.1 Å². The van der Waals surface area contributed by atoms with Gasteiger partial charge in [0.15, 0.2) is 0 Å². The van der Waals surface area contributed by atoms with Crippen LogP contribution in [0.3, 0.4) is 0 Å². The maximum Gasteiger partial charge on any atom is 0.317 e. The molecule has 0 spiro atoms. The van der Waals surface area contributed by atoms with Crippen molar-refractivity contribution in [1.82, 2.24) is 10.2 Å². The summed E-state index contributed by atoms with van der Waals surface area (Å²) in [5, 5.41) is 11.4. The molecule has 0 saturated carbocycles. The van der Waals surface area contributed by atoms with E-state index in [0.717, 1.165) is 0 Å². The third kappa shape index (κ3) is 5.92. The van der Waals surface area contributed by atoms with Gasteiger partial charge < -0.3 is 20.1 Å². The number of carbonyl (C=O) groups is 2. The first kappa shape index (κ1) is 15.8. The van der Waals surface area contributed by atoms with Crippen LogP contribution < -0.4 is 5.32 Å². The molecule has 110 valence electrons. The molecule has 1 rings (SSSR count). The van der Waals surface area contributed by atoms with Gasteiger partial charge in [-0.25, -0.2) is 4.79 Å². The van der Waals surface area contributed by atoms with E-state index >= 15 is 0 Å². The number of nitrogens with zero attached hydrogens (tertiary/aromatic N) is 1. The normalized spacial score (nSPS) is 24.9. The van der Waals surface area contributed by atoms with Crippen molar-refractivity contribution in [3.05, 3.63) is 0 Å². The van der Waals surface area contributed by atoms with E-state index in [1.165, 1.54) is 0 Å². The quantitative estimate of drug-likeness (QED) is 0.791. The highest BCUT2D eigenvalue weighted by molar-refractivity contribution is 5.74. The molecule has 0 radical (unpaired) electrons. The summed E-state index contributed by atoms with van der Waals surface area (Å²) in [5.41, 5.74) is 0. The Morgan fingerprint density at radius 3 is 2.47 bits per heavy atom. The molecule has 1 unspecified atom stereocenters. The zero-order valence-electron chi connectivity index (χ0n) is 11.9. The standard InChI is InChI=1S/C13H24N2O4/c1-9(4-5-12(16)17)6-14-13(18)15-7-10(2)19-11(3)8-15/h9-11H,4-8H2,1-3H3,(H,14,18)(H,16,17)/t9?,10-,11+. The molecule has 6 nitrogen and oxygen atoms in total. The van der Waals surface area contributed by atoms with Crippen LogP contribution in [0.5, 0.6) is 0 Å². The van der Waals surface area contributed by atoms with Crippen molar-refractivity contribution in [3.8, 4) is 0 Å². The van der Waals surface area contributed by atoms with Gasteiger partial charge in [0.2, 0.25) is 0 Å². The Morgan fingerprint density at radius 2 is 1.95 bits per heavy atom. The second-order valence-corrected chi connectivity index (χ2v) is 5.39. The number of carboxylic acid groups (broad SMARTS) is 1. The Bertz CT molecular complexity index is 312. The first-order valence-electron chi connectivity index (χ1n) is 6.78. The summed E-state index contributed by atoms with van der Waals surface area (Å²) in [4.78, 5) is 24.2. The van der Waals surface area contributed by atoms with Crippen molar-refractivity contribution in [2.75, 3.05) is 19.6 Å². The average Bonchev–Trinajstić information content (AvgIpc) is 2.32. The van der Waals surface area contributed by atoms with E-state index < -0.39 is 5.97 Å². The van der Waals surface area contributed by atoms with E-state index in [9.17, 15) is 9.59 Å². The summed E-state index contributed by atoms with van der Waals surface area (Å²) in [5.74, 6) is -0.634. The molecule has 19 heavy (non-hydrogen) atoms. The number of carboxylic acids is 1. The van der Waals surface area contributed by atoms with Gasteiger partial charge in [-0.3, -0.25) is 4.79 Å². The molecule has 1 fully saturated rings. The highest BCUT2D eigenvalue weighted by atomic mass is 16.5. The number of ether oxygens (including phenoxy) is 1. The minimum Gasteiger partial charge on any atom is -0.481 e. The van der Waals surface area contributed by atoms with Gasteiger partial charge in [-0.2, -0.15) is 0 Å². The first-order chi connectivity index (χ1) is 8.88. The lowest BCUT2D eigenvalue weighted by Crippen LogP contribution is -2.52. The van der Waals surface area contributed by atoms with Crippen molar-refractivity contribution in [2.45, 2.75) is 45.8 Å². The molecule has 3 atom stereocenters. The van der Waals surface area contributed by atoms with Crippen LogP contribution in [-0.2, 0) is 9.53 Å². The maximum atomic E-state index is 12.0. The SMILES string of the molecule is CC(CCC(=O)O)CNC(=O)N1C[C@@H](C)O[C@@H](C)C1. The fourth-order valence-corrected chi connectivity index (χ4v) is 2.19. The zero-order chi connectivity index (χ0) is 14.4. The molecule has 6 heteroatoms. The third-order valence-corrected chi connectivity index (χ3v) is 3.16. The Hall–Kier alpha value is -1.30. The van der Waals surface area contributed by atoms with Crippen LogP contribution in [0.15, 0.2) is 0 Å². The van der Waals surface area contributed by atoms with Crippen LogP contribution in [0.4, 0.5) is 4.79 Å². The lowest BCUT2D eigenvalue weighted by Gasteiger charge is -2.35. The van der Waals surface area contributed by atoms with E-state index in [1.807, 2.05) is 20.8 Å². The number of urea groups is 1. The number of nitrogens with one attached hydrogen (secondary N) is 1. The first-order valence-corrected chi connectivity index (χ1v) is 6.78. The summed E-state index contributed by atoms with van der Waals surface area (Å²) in [6.07, 6.45) is 0.826. The van der Waals surface area contributed by atoms with Gasteiger partial charge in [0.05, 0.1) is 12.2 Å². The smallest absolute Gasteiger partial charge is 0.317 e. The Balaban J connectivity index is 2.28. The summed E-state index contributed by atoms with van der Waals surface area (Å²) >= 11 is 0. The van der Waals surface area contributed by atoms with Gasteiger partial charge in [-0.05, 0) is 26.2 Å². The average molecular weight is 272 g/mol. The highest BCUT2D eigenvalue weighted by Gasteiger charge is 2.25. The fourth-order valence-electron chi connectivity index (χ4n) is 2.19. The molecule has 1 aliphatic rings. The van der Waals surface area contributed by atoms with Crippen molar-refractivity contribution in [1.29, 1.82) is 0 Å². The highest BCUT2D eigenvalue weighted by Crippen LogP contribution is 2.11. The summed E-state index contributed by atoms with van der Waals surface area (Å²) in [6.45, 7) is 7.54. The van der Waals surface area contributed by atoms with E-state index in [-0.39, 0.29) is 30.6 Å². The Kier molecular flexibility index (Phi) is 6.08. The summed E-state index contributed by atoms with van der Waals surface area (Å²) in [7, 11) is 0. The van der Waals surface area contributed by atoms with Crippen LogP contribution in [0.1, 0.15) is 33.6 Å². The van der Waals surface area contributed by atoms with Gasteiger partial charge in [0.1, 0.15) is 0 Å². The van der Waals surface area contributed by atoms with Crippen LogP contribution >= 0.6 is 0 Å². The van der Waals surface area contributed by atoms with E-state index in [4.69, 9.17) is 9.84 Å². The molecule has 0 bridgehead atoms. The molecule has 0 aromatic carbocycles. The third-order valence-electron chi connectivity index (χ3n) is 3.16. The van der Waals surface area contributed by atoms with E-state index in [1.54, 1.807) is 4.90 Å². The largest absolute Gasteiger partial charge is 0.481 e. The number of hydrogen-bond acceptors (Lipinski definition) is 3. The van der Waals surface area contributed by atoms with Crippen LogP contribution in [-0.4, -0.2) is 53.8 Å². The number of aliphatic carboxylic acids is 1. The molecule has 2 N–H and O–H groups in total. The minimum absolute atomic E-state index is 0.0546. The molecule has 1 saturated heterocycles. The van der Waals surface area contributed by atoms with Crippen molar-refractivity contribution in [2.24, 2.45) is 5.92 Å². The molecule has 0 aliphatic carbocycles. The molecule has 1 aliphatic heterocycles. The molecule has 0 aromatic rings. The number of carbonyl (C=O) groups excluding carboxylic acids is 1. The van der Waals surface area contributed by atoms with Crippen molar-refractivity contribution >= 4 is 12.0 Å². The van der Waals surface area contributed by atoms with Crippen molar-refractivity contribution in [3.63, 3.8) is 0 Å². The zero-order valence-corrected chi connectivity index (χ0v) is 11.9. The Morgan fingerprint density at radius 1 is 1.37 bits per heavy atom. The van der Waals surface area contributed by atoms with Crippen LogP contribution in [0, 0.1) is 5.92 Å². The van der Waals surface area contributed by atoms with Gasteiger partial charge in [-0.1, -0.05) is 6.92 Å². The fraction of sp³-hybridized carbons (Fsp3) is 0.846. The second-order valence-electron chi connectivity index (χ2n) is 5.39. The summed E-state index contributed by atoms with van der Waals surface area (Å²) in [6, 6.07) is -0.0934. The van der Waals surface area contributed by atoms with Crippen LogP contribution in [0.2, 0.25) is 0 Å². The topological polar surface area (TPSA) is 78.9 Å². The molecular formula is C13H24N2O4. The monoisotopic (exact) mass is 272 g/mol. The predicted octanol–water partition coefficient (Wildman–Crippen LogP) is 1.31. The van der Waals surface area contributed by atoms with Crippen LogP contribution in [0.25, 0.3) is 0 Å². The summed E-state index contributed by atoms with van der Waals surface area (Å²) < 4.78 is 5.57. The lowest BCUT2D eigenvalue weighted by atomic mass is 10.1. The van der Waals surface area contributed by atoms with E-state index in [2.05, 4.69) is 5.32 Å². The molecular weight excluding hydrogens is 248 g/mol. The number of rotatable bonds is 5. The minimum atomic E-state index is -0.797. The number of morpholine rings is 1. The lowest BCUT2D eigenvalue weighted by molar-refractivity contribution is -0.137. The predicted molar refractivity (Wildman–Crippen MR) is 71.0 cm³/mol. The maximum absolute atomic E-state index is 12.0. The number of hydrogen-bond donors (Lipinski definition) is 2. The second kappa shape index (κ2) is 7.33.